The maximum absolute atomic E-state index is 13.2. The molecular weight excluding hydrogens is 462 g/mol. The summed E-state index contributed by atoms with van der Waals surface area (Å²) in [4.78, 5) is 30.1. The molecule has 0 radical (unpaired) electrons. The van der Waals surface area contributed by atoms with Gasteiger partial charge in [-0.1, -0.05) is 34.1 Å². The lowest BCUT2D eigenvalue weighted by molar-refractivity contribution is -0.135. The molecule has 1 unspecified atom stereocenters. The van der Waals surface area contributed by atoms with Crippen molar-refractivity contribution in [3.8, 4) is 0 Å². The number of hydrogen-bond donors (Lipinski definition) is 1. The zero-order valence-electron chi connectivity index (χ0n) is 17.7. The van der Waals surface area contributed by atoms with E-state index in [9.17, 15) is 9.59 Å². The van der Waals surface area contributed by atoms with Gasteiger partial charge in [0.1, 0.15) is 6.04 Å². The highest BCUT2D eigenvalue weighted by Crippen LogP contribution is 2.25. The maximum atomic E-state index is 13.2. The van der Waals surface area contributed by atoms with Gasteiger partial charge in [0.05, 0.1) is 0 Å². The Kier molecular flexibility index (Phi) is 7.83. The molecule has 1 aliphatic heterocycles. The highest BCUT2D eigenvalue weighted by atomic mass is 79.9. The minimum absolute atomic E-state index is 0.00619. The number of aryl methyl sites for hydroxylation is 1. The van der Waals surface area contributed by atoms with Gasteiger partial charge in [-0.05, 0) is 49.2 Å². The van der Waals surface area contributed by atoms with Crippen molar-refractivity contribution in [2.75, 3.05) is 36.8 Å². The zero-order chi connectivity index (χ0) is 21.7. The normalized spacial score (nSPS) is 15.1. The van der Waals surface area contributed by atoms with Gasteiger partial charge in [-0.3, -0.25) is 9.59 Å². The number of nitrogens with one attached hydrogen (secondary N) is 1. The lowest BCUT2D eigenvalue weighted by Gasteiger charge is -2.38. The van der Waals surface area contributed by atoms with E-state index in [1.54, 1.807) is 11.8 Å². The maximum Gasteiger partial charge on any atom is 0.246 e. The van der Waals surface area contributed by atoms with E-state index in [4.69, 9.17) is 0 Å². The first-order valence-corrected chi connectivity index (χ1v) is 11.9. The molecule has 1 aliphatic rings. The predicted molar refractivity (Wildman–Crippen MR) is 127 cm³/mol. The van der Waals surface area contributed by atoms with Gasteiger partial charge in [-0.15, -0.1) is 11.8 Å². The van der Waals surface area contributed by atoms with Crippen LogP contribution in [0.5, 0.6) is 0 Å². The number of rotatable bonds is 6. The van der Waals surface area contributed by atoms with Crippen LogP contribution in [0.3, 0.4) is 0 Å². The molecule has 0 aliphatic carbocycles. The Hall–Kier alpha value is -1.99. The molecule has 2 amide bonds. The molecule has 1 fully saturated rings. The SMILES string of the molecule is CC(=O)NC(CSc1cccc(Br)c1)C(=O)N1CCN(c2cccc(C)c2C)CC1. The third kappa shape index (κ3) is 5.79. The Bertz CT molecular complexity index is 913. The quantitative estimate of drug-likeness (QED) is 0.622. The van der Waals surface area contributed by atoms with E-state index in [0.717, 1.165) is 22.5 Å². The van der Waals surface area contributed by atoms with Crippen LogP contribution in [0.15, 0.2) is 51.8 Å². The van der Waals surface area contributed by atoms with Gasteiger partial charge in [0.25, 0.3) is 0 Å². The molecule has 0 aromatic heterocycles. The van der Waals surface area contributed by atoms with Gasteiger partial charge in [-0.2, -0.15) is 0 Å². The number of amides is 2. The number of benzene rings is 2. The molecule has 1 saturated heterocycles. The Labute approximate surface area is 191 Å². The van der Waals surface area contributed by atoms with Crippen molar-refractivity contribution in [1.29, 1.82) is 0 Å². The minimum Gasteiger partial charge on any atom is -0.368 e. The third-order valence-electron chi connectivity index (χ3n) is 5.40. The van der Waals surface area contributed by atoms with Crippen LogP contribution in [0.4, 0.5) is 5.69 Å². The summed E-state index contributed by atoms with van der Waals surface area (Å²) in [5.74, 6) is 0.317. The van der Waals surface area contributed by atoms with E-state index in [0.29, 0.717) is 18.8 Å². The Balaban J connectivity index is 1.62. The van der Waals surface area contributed by atoms with Crippen LogP contribution in [-0.2, 0) is 9.59 Å². The summed E-state index contributed by atoms with van der Waals surface area (Å²) in [6.45, 7) is 8.63. The number of halogens is 1. The second kappa shape index (κ2) is 10.4. The number of carbonyl (C=O) groups is 2. The number of carbonyl (C=O) groups excluding carboxylic acids is 2. The van der Waals surface area contributed by atoms with Crippen LogP contribution in [0, 0.1) is 13.8 Å². The summed E-state index contributed by atoms with van der Waals surface area (Å²) < 4.78 is 0.998. The fourth-order valence-electron chi connectivity index (χ4n) is 3.62. The van der Waals surface area contributed by atoms with Crippen molar-refractivity contribution in [2.45, 2.75) is 31.7 Å². The van der Waals surface area contributed by atoms with Crippen molar-refractivity contribution in [1.82, 2.24) is 10.2 Å². The molecule has 7 heteroatoms. The Morgan fingerprint density at radius 2 is 1.80 bits per heavy atom. The van der Waals surface area contributed by atoms with Crippen molar-refractivity contribution in [3.05, 3.63) is 58.1 Å². The number of piperazine rings is 1. The fourth-order valence-corrected chi connectivity index (χ4v) is 5.14. The minimum atomic E-state index is -0.529. The van der Waals surface area contributed by atoms with E-state index in [2.05, 4.69) is 58.2 Å². The molecule has 1 atom stereocenters. The summed E-state index contributed by atoms with van der Waals surface area (Å²) in [5, 5.41) is 2.84. The summed E-state index contributed by atoms with van der Waals surface area (Å²) in [6.07, 6.45) is 0. The molecule has 5 nitrogen and oxygen atoms in total. The largest absolute Gasteiger partial charge is 0.368 e. The van der Waals surface area contributed by atoms with Gasteiger partial charge in [0.15, 0.2) is 0 Å². The summed E-state index contributed by atoms with van der Waals surface area (Å²) in [5.41, 5.74) is 3.81. The molecule has 3 rings (SSSR count). The average molecular weight is 490 g/mol. The Morgan fingerprint density at radius 1 is 1.10 bits per heavy atom. The summed E-state index contributed by atoms with van der Waals surface area (Å²) in [7, 11) is 0. The number of anilines is 1. The lowest BCUT2D eigenvalue weighted by atomic mass is 10.1. The van der Waals surface area contributed by atoms with E-state index in [1.165, 1.54) is 23.7 Å². The molecule has 0 spiro atoms. The van der Waals surface area contributed by atoms with Crippen LogP contribution in [0.1, 0.15) is 18.1 Å². The van der Waals surface area contributed by atoms with Crippen molar-refractivity contribution in [3.63, 3.8) is 0 Å². The molecule has 1 heterocycles. The summed E-state index contributed by atoms with van der Waals surface area (Å²) in [6, 6.07) is 13.8. The van der Waals surface area contributed by atoms with E-state index in [1.807, 2.05) is 29.2 Å². The van der Waals surface area contributed by atoms with Gasteiger partial charge in [-0.25, -0.2) is 0 Å². The van der Waals surface area contributed by atoms with E-state index >= 15 is 0 Å². The van der Waals surface area contributed by atoms with Crippen LogP contribution in [0.25, 0.3) is 0 Å². The third-order valence-corrected chi connectivity index (χ3v) is 6.98. The molecule has 160 valence electrons. The number of hydrogen-bond acceptors (Lipinski definition) is 4. The van der Waals surface area contributed by atoms with Gasteiger partial charge in [0.2, 0.25) is 11.8 Å². The first kappa shape index (κ1) is 22.7. The second-order valence-corrected chi connectivity index (χ2v) is 9.56. The van der Waals surface area contributed by atoms with E-state index < -0.39 is 6.04 Å². The molecule has 0 bridgehead atoms. The molecule has 2 aromatic carbocycles. The smallest absolute Gasteiger partial charge is 0.246 e. The first-order chi connectivity index (χ1) is 14.3. The van der Waals surface area contributed by atoms with Crippen molar-refractivity contribution < 1.29 is 9.59 Å². The molecule has 2 aromatic rings. The topological polar surface area (TPSA) is 52.7 Å². The number of nitrogens with zero attached hydrogens (tertiary/aromatic N) is 2. The fraction of sp³-hybridized carbons (Fsp3) is 0.391. The standard InChI is InChI=1S/C23H28BrN3O2S/c1-16-6-4-9-22(17(16)2)26-10-12-27(13-11-26)23(29)21(25-18(3)28)15-30-20-8-5-7-19(24)14-20/h4-9,14,21H,10-13,15H2,1-3H3,(H,25,28). The molecular formula is C23H28BrN3O2S. The highest BCUT2D eigenvalue weighted by molar-refractivity contribution is 9.10. The number of thioether (sulfide) groups is 1. The van der Waals surface area contributed by atoms with E-state index in [-0.39, 0.29) is 11.8 Å². The van der Waals surface area contributed by atoms with Crippen LogP contribution < -0.4 is 10.2 Å². The predicted octanol–water partition coefficient (Wildman–Crippen LogP) is 4.01. The molecule has 1 N–H and O–H groups in total. The lowest BCUT2D eigenvalue weighted by Crippen LogP contribution is -2.55. The van der Waals surface area contributed by atoms with Crippen molar-refractivity contribution >= 4 is 45.2 Å². The second-order valence-electron chi connectivity index (χ2n) is 7.55. The molecule has 30 heavy (non-hydrogen) atoms. The molecule has 0 saturated carbocycles. The van der Waals surface area contributed by atoms with Crippen LogP contribution in [-0.4, -0.2) is 54.7 Å². The Morgan fingerprint density at radius 3 is 2.47 bits per heavy atom. The highest BCUT2D eigenvalue weighted by Gasteiger charge is 2.28. The van der Waals surface area contributed by atoms with Gasteiger partial charge < -0.3 is 15.1 Å². The average Bonchev–Trinajstić information content (AvgIpc) is 2.72. The van der Waals surface area contributed by atoms with Crippen molar-refractivity contribution in [2.24, 2.45) is 0 Å². The van der Waals surface area contributed by atoms with Crippen LogP contribution in [0.2, 0.25) is 0 Å². The summed E-state index contributed by atoms with van der Waals surface area (Å²) >= 11 is 5.05. The van der Waals surface area contributed by atoms with Gasteiger partial charge >= 0.3 is 0 Å². The van der Waals surface area contributed by atoms with Gasteiger partial charge in [0, 0.05) is 53.9 Å². The zero-order valence-corrected chi connectivity index (χ0v) is 20.1. The first-order valence-electron chi connectivity index (χ1n) is 10.1. The van der Waals surface area contributed by atoms with Crippen LogP contribution >= 0.6 is 27.7 Å². The monoisotopic (exact) mass is 489 g/mol.